The molecule has 2 heterocycles. The van der Waals surface area contributed by atoms with E-state index in [1.807, 2.05) is 25.1 Å². The lowest BCUT2D eigenvalue weighted by atomic mass is 9.75. The fourth-order valence-electron chi connectivity index (χ4n) is 3.24. The van der Waals surface area contributed by atoms with Crippen molar-refractivity contribution in [2.75, 3.05) is 13.2 Å². The van der Waals surface area contributed by atoms with Crippen molar-refractivity contribution < 1.29 is 19.5 Å². The molecule has 0 aromatic heterocycles. The van der Waals surface area contributed by atoms with Gasteiger partial charge < -0.3 is 14.7 Å². The Bertz CT molecular complexity index is 590. The third-order valence-corrected chi connectivity index (χ3v) is 4.61. The van der Waals surface area contributed by atoms with E-state index in [1.54, 1.807) is 0 Å². The summed E-state index contributed by atoms with van der Waals surface area (Å²) >= 11 is 0. The highest BCUT2D eigenvalue weighted by Crippen LogP contribution is 2.38. The Kier molecular flexibility index (Phi) is 4.16. The third kappa shape index (κ3) is 2.99. The molecule has 5 heteroatoms. The standard InChI is InChI=1S/C17H21NO4/c1-12-3-2-4-13(9-12)15-10-14(22-18-15)11-17(16(19)20)5-7-21-8-6-17/h2-4,9,14H,5-8,10-11H2,1H3,(H,19,20). The van der Waals surface area contributed by atoms with Gasteiger partial charge in [-0.1, -0.05) is 35.0 Å². The molecule has 1 saturated heterocycles. The van der Waals surface area contributed by atoms with Crippen LogP contribution in [0.2, 0.25) is 0 Å². The van der Waals surface area contributed by atoms with Crippen LogP contribution < -0.4 is 0 Å². The van der Waals surface area contributed by atoms with E-state index in [0.717, 1.165) is 11.3 Å². The van der Waals surface area contributed by atoms with Crippen LogP contribution in [0.25, 0.3) is 0 Å². The van der Waals surface area contributed by atoms with E-state index in [9.17, 15) is 9.90 Å². The lowest BCUT2D eigenvalue weighted by molar-refractivity contribution is -0.158. The molecule has 5 nitrogen and oxygen atoms in total. The first-order valence-corrected chi connectivity index (χ1v) is 7.70. The number of aliphatic carboxylic acids is 1. The van der Waals surface area contributed by atoms with Crippen molar-refractivity contribution >= 4 is 11.7 Å². The average molecular weight is 303 g/mol. The van der Waals surface area contributed by atoms with Crippen molar-refractivity contribution in [3.8, 4) is 0 Å². The van der Waals surface area contributed by atoms with Gasteiger partial charge in [-0.05, 0) is 25.3 Å². The molecule has 1 N–H and O–H groups in total. The Morgan fingerprint density at radius 2 is 2.18 bits per heavy atom. The van der Waals surface area contributed by atoms with Crippen LogP contribution in [0.1, 0.15) is 36.8 Å². The van der Waals surface area contributed by atoms with E-state index in [1.165, 1.54) is 5.56 Å². The first-order valence-electron chi connectivity index (χ1n) is 7.70. The normalized spacial score (nSPS) is 23.7. The predicted molar refractivity (Wildman–Crippen MR) is 81.9 cm³/mol. The maximum absolute atomic E-state index is 11.7. The number of ether oxygens (including phenoxy) is 1. The highest BCUT2D eigenvalue weighted by molar-refractivity contribution is 6.01. The molecular weight excluding hydrogens is 282 g/mol. The van der Waals surface area contributed by atoms with Gasteiger partial charge in [0.1, 0.15) is 6.10 Å². The minimum atomic E-state index is -0.747. The van der Waals surface area contributed by atoms with E-state index < -0.39 is 11.4 Å². The molecule has 0 radical (unpaired) electrons. The monoisotopic (exact) mass is 303 g/mol. The van der Waals surface area contributed by atoms with Crippen molar-refractivity contribution in [3.63, 3.8) is 0 Å². The third-order valence-electron chi connectivity index (χ3n) is 4.61. The number of benzene rings is 1. The summed E-state index contributed by atoms with van der Waals surface area (Å²) in [5.41, 5.74) is 2.40. The molecule has 0 bridgehead atoms. The number of carboxylic acid groups (broad SMARTS) is 1. The van der Waals surface area contributed by atoms with Gasteiger partial charge in [-0.15, -0.1) is 0 Å². The van der Waals surface area contributed by atoms with Gasteiger partial charge in [0.15, 0.2) is 0 Å². The highest BCUT2D eigenvalue weighted by Gasteiger charge is 2.43. The Labute approximate surface area is 129 Å². The topological polar surface area (TPSA) is 68.1 Å². The van der Waals surface area contributed by atoms with Gasteiger partial charge in [-0.25, -0.2) is 0 Å². The number of carbonyl (C=O) groups is 1. The number of oxime groups is 1. The summed E-state index contributed by atoms with van der Waals surface area (Å²) in [6.45, 7) is 3.05. The molecule has 0 aliphatic carbocycles. The molecule has 118 valence electrons. The van der Waals surface area contributed by atoms with Crippen molar-refractivity contribution in [2.45, 2.75) is 38.7 Å². The van der Waals surface area contributed by atoms with Gasteiger partial charge in [0.2, 0.25) is 0 Å². The SMILES string of the molecule is Cc1cccc(C2=NOC(CC3(C(=O)O)CCOCC3)C2)c1. The summed E-state index contributed by atoms with van der Waals surface area (Å²) in [6.07, 6.45) is 2.08. The van der Waals surface area contributed by atoms with E-state index in [-0.39, 0.29) is 6.10 Å². The predicted octanol–water partition coefficient (Wildman–Crippen LogP) is 2.76. The van der Waals surface area contributed by atoms with E-state index >= 15 is 0 Å². The zero-order valence-electron chi connectivity index (χ0n) is 12.7. The molecule has 1 aromatic carbocycles. The van der Waals surface area contributed by atoms with E-state index in [4.69, 9.17) is 9.57 Å². The van der Waals surface area contributed by atoms with Crippen LogP contribution in [0.5, 0.6) is 0 Å². The summed E-state index contributed by atoms with van der Waals surface area (Å²) < 4.78 is 5.31. The molecule has 0 spiro atoms. The van der Waals surface area contributed by atoms with Gasteiger partial charge in [-0.3, -0.25) is 4.79 Å². The molecule has 1 aromatic rings. The molecule has 2 aliphatic rings. The van der Waals surface area contributed by atoms with Crippen LogP contribution in [-0.4, -0.2) is 36.1 Å². The second-order valence-electron chi connectivity index (χ2n) is 6.24. The molecule has 0 amide bonds. The first kappa shape index (κ1) is 15.0. The van der Waals surface area contributed by atoms with Gasteiger partial charge in [0.25, 0.3) is 0 Å². The van der Waals surface area contributed by atoms with Crippen LogP contribution in [0, 0.1) is 12.3 Å². The highest BCUT2D eigenvalue weighted by atomic mass is 16.6. The van der Waals surface area contributed by atoms with Gasteiger partial charge in [0.05, 0.1) is 11.1 Å². The molecule has 22 heavy (non-hydrogen) atoms. The summed E-state index contributed by atoms with van der Waals surface area (Å²) in [5, 5.41) is 13.8. The molecule has 0 saturated carbocycles. The second kappa shape index (κ2) is 6.08. The number of hydrogen-bond acceptors (Lipinski definition) is 4. The van der Waals surface area contributed by atoms with Gasteiger partial charge >= 0.3 is 5.97 Å². The Morgan fingerprint density at radius 3 is 2.86 bits per heavy atom. The summed E-state index contributed by atoms with van der Waals surface area (Å²) in [6, 6.07) is 8.13. The minimum Gasteiger partial charge on any atom is -0.481 e. The maximum atomic E-state index is 11.7. The van der Waals surface area contributed by atoms with Crippen LogP contribution in [0.15, 0.2) is 29.4 Å². The lowest BCUT2D eigenvalue weighted by Gasteiger charge is -2.34. The smallest absolute Gasteiger partial charge is 0.309 e. The number of rotatable bonds is 4. The average Bonchev–Trinajstić information content (AvgIpc) is 2.96. The van der Waals surface area contributed by atoms with Gasteiger partial charge in [0, 0.05) is 26.1 Å². The van der Waals surface area contributed by atoms with Crippen LogP contribution >= 0.6 is 0 Å². The Hall–Kier alpha value is -1.88. The van der Waals surface area contributed by atoms with E-state index in [0.29, 0.717) is 38.9 Å². The first-order chi connectivity index (χ1) is 10.6. The lowest BCUT2D eigenvalue weighted by Crippen LogP contribution is -2.40. The molecule has 3 rings (SSSR count). The fourth-order valence-corrected chi connectivity index (χ4v) is 3.24. The number of aryl methyl sites for hydroxylation is 1. The maximum Gasteiger partial charge on any atom is 0.309 e. The molecular formula is C17H21NO4. The molecule has 2 aliphatic heterocycles. The largest absolute Gasteiger partial charge is 0.481 e. The summed E-state index contributed by atoms with van der Waals surface area (Å²) in [5.74, 6) is -0.747. The van der Waals surface area contributed by atoms with Crippen molar-refractivity contribution in [3.05, 3.63) is 35.4 Å². The zero-order chi connectivity index (χ0) is 15.6. The summed E-state index contributed by atoms with van der Waals surface area (Å²) in [7, 11) is 0. The molecule has 1 unspecified atom stereocenters. The van der Waals surface area contributed by atoms with Crippen LogP contribution in [0.3, 0.4) is 0 Å². The van der Waals surface area contributed by atoms with E-state index in [2.05, 4.69) is 11.2 Å². The molecule has 1 atom stereocenters. The van der Waals surface area contributed by atoms with Crippen LogP contribution in [0.4, 0.5) is 0 Å². The van der Waals surface area contributed by atoms with Crippen LogP contribution in [-0.2, 0) is 14.4 Å². The number of hydrogen-bond donors (Lipinski definition) is 1. The fraction of sp³-hybridized carbons (Fsp3) is 0.529. The molecule has 1 fully saturated rings. The van der Waals surface area contributed by atoms with Gasteiger partial charge in [-0.2, -0.15) is 0 Å². The number of carboxylic acids is 1. The van der Waals surface area contributed by atoms with Crippen molar-refractivity contribution in [1.29, 1.82) is 0 Å². The quantitative estimate of drug-likeness (QED) is 0.928. The zero-order valence-corrected chi connectivity index (χ0v) is 12.7. The van der Waals surface area contributed by atoms with Crippen molar-refractivity contribution in [1.82, 2.24) is 0 Å². The van der Waals surface area contributed by atoms with Crippen molar-refractivity contribution in [2.24, 2.45) is 10.6 Å². The minimum absolute atomic E-state index is 0.162. The Balaban J connectivity index is 1.67. The summed E-state index contributed by atoms with van der Waals surface area (Å²) in [4.78, 5) is 17.2. The second-order valence-corrected chi connectivity index (χ2v) is 6.24. The number of nitrogens with zero attached hydrogens (tertiary/aromatic N) is 1. The Morgan fingerprint density at radius 1 is 1.41 bits per heavy atom.